The lowest BCUT2D eigenvalue weighted by Crippen LogP contribution is -2.42. The molecular weight excluding hydrogens is 160 g/mol. The minimum atomic E-state index is -1.62. The van der Waals surface area contributed by atoms with Gasteiger partial charge in [-0.15, -0.1) is 0 Å². The van der Waals surface area contributed by atoms with Gasteiger partial charge in [-0.3, -0.25) is 0 Å². The van der Waals surface area contributed by atoms with Gasteiger partial charge in [0.25, 0.3) is 0 Å². The second-order valence-electron chi connectivity index (χ2n) is 2.51. The van der Waals surface area contributed by atoms with Crippen molar-refractivity contribution in [2.45, 2.75) is 11.9 Å². The van der Waals surface area contributed by atoms with Crippen molar-refractivity contribution in [2.75, 3.05) is 14.2 Å². The highest BCUT2D eigenvalue weighted by atomic mass is 16.6. The third kappa shape index (κ3) is 1.50. The van der Waals surface area contributed by atoms with Crippen molar-refractivity contribution in [3.05, 3.63) is 24.0 Å². The van der Waals surface area contributed by atoms with E-state index in [0.717, 1.165) is 0 Å². The Kier molecular flexibility index (Phi) is 2.52. The van der Waals surface area contributed by atoms with Gasteiger partial charge in [-0.05, 0) is 18.2 Å². The van der Waals surface area contributed by atoms with Crippen LogP contribution in [0.1, 0.15) is 0 Å². The van der Waals surface area contributed by atoms with Crippen molar-refractivity contribution in [3.63, 3.8) is 0 Å². The van der Waals surface area contributed by atoms with Crippen LogP contribution in [0, 0.1) is 0 Å². The molecule has 2 atom stereocenters. The molecule has 1 rings (SSSR count). The predicted octanol–water partition coefficient (Wildman–Crippen LogP) is -0.218. The zero-order valence-corrected chi connectivity index (χ0v) is 7.02. The van der Waals surface area contributed by atoms with Gasteiger partial charge in [-0.2, -0.15) is 0 Å². The number of ether oxygens (including phenoxy) is 2. The Balaban J connectivity index is 2.81. The number of hydrogen-bond acceptors (Lipinski definition) is 4. The third-order valence-corrected chi connectivity index (χ3v) is 1.80. The molecule has 0 bridgehead atoms. The maximum Gasteiger partial charge on any atom is 0.216 e. The summed E-state index contributed by atoms with van der Waals surface area (Å²) in [6.07, 6.45) is 3.17. The quantitative estimate of drug-likeness (QED) is 0.565. The lowest BCUT2D eigenvalue weighted by atomic mass is 10.0. The van der Waals surface area contributed by atoms with Crippen LogP contribution in [0.3, 0.4) is 0 Å². The molecule has 0 saturated heterocycles. The molecule has 0 aromatic rings. The van der Waals surface area contributed by atoms with Gasteiger partial charge in [-0.1, -0.05) is 0 Å². The second kappa shape index (κ2) is 3.26. The van der Waals surface area contributed by atoms with Gasteiger partial charge >= 0.3 is 0 Å². The zero-order chi connectivity index (χ0) is 9.19. The van der Waals surface area contributed by atoms with Crippen LogP contribution in [-0.4, -0.2) is 36.3 Å². The molecule has 2 unspecified atom stereocenters. The van der Waals surface area contributed by atoms with Crippen molar-refractivity contribution in [1.29, 1.82) is 0 Å². The Bertz CT molecular complexity index is 221. The summed E-state index contributed by atoms with van der Waals surface area (Å²) in [6, 6.07) is 0. The maximum atomic E-state index is 9.50. The summed E-state index contributed by atoms with van der Waals surface area (Å²) < 4.78 is 9.55. The zero-order valence-electron chi connectivity index (χ0n) is 7.02. The molecule has 0 saturated carbocycles. The number of methoxy groups -OCH3 is 2. The topological polar surface area (TPSA) is 58.9 Å². The maximum absolute atomic E-state index is 9.50. The standard InChI is InChI=1S/C8H12O4/c1-11-6-3-4-8(10,12-2)7(9)5-6/h3-5,7,9-10H,1-2H3. The smallest absolute Gasteiger partial charge is 0.216 e. The number of rotatable bonds is 2. The van der Waals surface area contributed by atoms with E-state index in [0.29, 0.717) is 5.76 Å². The Morgan fingerprint density at radius 2 is 2.17 bits per heavy atom. The first-order valence-corrected chi connectivity index (χ1v) is 3.53. The highest BCUT2D eigenvalue weighted by Gasteiger charge is 2.34. The SMILES string of the molecule is COC1=CC(O)C(O)(OC)C=C1. The first kappa shape index (κ1) is 9.25. The molecule has 4 nitrogen and oxygen atoms in total. The van der Waals surface area contributed by atoms with Gasteiger partial charge in [0, 0.05) is 7.11 Å². The molecule has 1 aliphatic carbocycles. The van der Waals surface area contributed by atoms with E-state index in [1.807, 2.05) is 0 Å². The van der Waals surface area contributed by atoms with Crippen molar-refractivity contribution >= 4 is 0 Å². The minimum absolute atomic E-state index is 0.504. The van der Waals surface area contributed by atoms with E-state index in [2.05, 4.69) is 0 Å². The van der Waals surface area contributed by atoms with E-state index >= 15 is 0 Å². The van der Waals surface area contributed by atoms with Crippen LogP contribution in [-0.2, 0) is 9.47 Å². The summed E-state index contributed by atoms with van der Waals surface area (Å²) in [5.74, 6) is -1.12. The Morgan fingerprint density at radius 1 is 1.50 bits per heavy atom. The molecule has 0 aromatic carbocycles. The van der Waals surface area contributed by atoms with Gasteiger partial charge < -0.3 is 19.7 Å². The molecule has 0 spiro atoms. The number of hydrogen-bond donors (Lipinski definition) is 2. The summed E-state index contributed by atoms with van der Waals surface area (Å²) in [5.41, 5.74) is 0. The molecule has 0 aromatic heterocycles. The third-order valence-electron chi connectivity index (χ3n) is 1.80. The fraction of sp³-hybridized carbons (Fsp3) is 0.500. The van der Waals surface area contributed by atoms with Crippen LogP contribution in [0.2, 0.25) is 0 Å². The van der Waals surface area contributed by atoms with Crippen molar-refractivity contribution in [3.8, 4) is 0 Å². The summed E-state index contributed by atoms with van der Waals surface area (Å²) in [7, 11) is 2.80. The Morgan fingerprint density at radius 3 is 2.58 bits per heavy atom. The first-order valence-electron chi connectivity index (χ1n) is 3.53. The number of allylic oxidation sites excluding steroid dienone is 1. The van der Waals surface area contributed by atoms with E-state index in [-0.39, 0.29) is 0 Å². The summed E-state index contributed by atoms with van der Waals surface area (Å²) in [4.78, 5) is 0. The van der Waals surface area contributed by atoms with Crippen LogP contribution < -0.4 is 0 Å². The van der Waals surface area contributed by atoms with Crippen LogP contribution in [0.25, 0.3) is 0 Å². The van der Waals surface area contributed by atoms with Crippen LogP contribution in [0.15, 0.2) is 24.0 Å². The van der Waals surface area contributed by atoms with Crippen LogP contribution in [0.5, 0.6) is 0 Å². The Hall–Kier alpha value is -0.840. The molecule has 4 heteroatoms. The minimum Gasteiger partial charge on any atom is -0.497 e. The fourth-order valence-electron chi connectivity index (χ4n) is 0.956. The fourth-order valence-corrected chi connectivity index (χ4v) is 0.956. The highest BCUT2D eigenvalue weighted by Crippen LogP contribution is 2.22. The molecule has 0 aliphatic heterocycles. The largest absolute Gasteiger partial charge is 0.497 e. The van der Waals surface area contributed by atoms with Gasteiger partial charge in [0.15, 0.2) is 0 Å². The average Bonchev–Trinajstić information content (AvgIpc) is 2.10. The first-order chi connectivity index (χ1) is 5.62. The predicted molar refractivity (Wildman–Crippen MR) is 42.2 cm³/mol. The molecule has 68 valence electrons. The monoisotopic (exact) mass is 172 g/mol. The molecular formula is C8H12O4. The van der Waals surface area contributed by atoms with Crippen LogP contribution in [0.4, 0.5) is 0 Å². The van der Waals surface area contributed by atoms with E-state index < -0.39 is 11.9 Å². The molecule has 0 amide bonds. The average molecular weight is 172 g/mol. The Labute approximate surface area is 70.7 Å². The molecule has 0 fully saturated rings. The summed E-state index contributed by atoms with van der Waals surface area (Å²) in [5, 5.41) is 18.8. The number of aliphatic hydroxyl groups excluding tert-OH is 1. The van der Waals surface area contributed by atoms with Gasteiger partial charge in [-0.25, -0.2) is 0 Å². The molecule has 0 radical (unpaired) electrons. The van der Waals surface area contributed by atoms with E-state index in [1.165, 1.54) is 32.4 Å². The summed E-state index contributed by atoms with van der Waals surface area (Å²) >= 11 is 0. The molecule has 2 N–H and O–H groups in total. The van der Waals surface area contributed by atoms with Crippen molar-refractivity contribution in [2.24, 2.45) is 0 Å². The highest BCUT2D eigenvalue weighted by molar-refractivity contribution is 5.24. The molecule has 0 heterocycles. The van der Waals surface area contributed by atoms with Gasteiger partial charge in [0.2, 0.25) is 5.79 Å². The lowest BCUT2D eigenvalue weighted by molar-refractivity contribution is -0.196. The van der Waals surface area contributed by atoms with Gasteiger partial charge in [0.1, 0.15) is 11.9 Å². The van der Waals surface area contributed by atoms with E-state index in [9.17, 15) is 10.2 Å². The lowest BCUT2D eigenvalue weighted by Gasteiger charge is -2.29. The normalized spacial score (nSPS) is 34.7. The number of aliphatic hydroxyl groups is 2. The van der Waals surface area contributed by atoms with Crippen molar-refractivity contribution < 1.29 is 19.7 Å². The van der Waals surface area contributed by atoms with E-state index in [1.54, 1.807) is 0 Å². The molecule has 1 aliphatic rings. The van der Waals surface area contributed by atoms with E-state index in [4.69, 9.17) is 9.47 Å². The van der Waals surface area contributed by atoms with Gasteiger partial charge in [0.05, 0.1) is 7.11 Å². The second-order valence-corrected chi connectivity index (χ2v) is 2.51. The molecule has 12 heavy (non-hydrogen) atoms. The summed E-state index contributed by atoms with van der Waals surface area (Å²) in [6.45, 7) is 0. The van der Waals surface area contributed by atoms with Crippen LogP contribution >= 0.6 is 0 Å². The van der Waals surface area contributed by atoms with Crippen molar-refractivity contribution in [1.82, 2.24) is 0 Å².